The molecule has 0 amide bonds. The molecule has 6 rings (SSSR count). The molecule has 2 aliphatic heterocycles. The fraction of sp³-hybridized carbons (Fsp3) is 0.731. The normalized spacial score (nSPS) is 48.5. The summed E-state index contributed by atoms with van der Waals surface area (Å²) in [7, 11) is 1.30. The molecule has 7 atom stereocenters. The third-order valence-electron chi connectivity index (χ3n) is 10.8. The summed E-state index contributed by atoms with van der Waals surface area (Å²) in [6, 6.07) is 0. The van der Waals surface area contributed by atoms with E-state index in [9.17, 15) is 19.5 Å². The molecule has 2 saturated carbocycles. The Morgan fingerprint density at radius 2 is 1.78 bits per heavy atom. The first-order valence-corrected chi connectivity index (χ1v) is 11.7. The number of fused-ring (bicyclic) bond motifs is 5. The third kappa shape index (κ3) is 1.80. The van der Waals surface area contributed by atoms with E-state index in [2.05, 4.69) is 19.9 Å². The number of hydrogen-bond donors (Lipinski definition) is 1. The van der Waals surface area contributed by atoms with Crippen molar-refractivity contribution in [1.29, 1.82) is 0 Å². The first-order valence-electron chi connectivity index (χ1n) is 11.7. The Kier molecular flexibility index (Phi) is 3.98. The number of allylic oxidation sites excluding steroid dienone is 3. The highest BCUT2D eigenvalue weighted by Crippen LogP contribution is 2.78. The van der Waals surface area contributed by atoms with Gasteiger partial charge < -0.3 is 14.6 Å². The molecule has 32 heavy (non-hydrogen) atoms. The van der Waals surface area contributed by atoms with Crippen molar-refractivity contribution >= 4 is 17.7 Å². The van der Waals surface area contributed by atoms with Crippen LogP contribution in [0.1, 0.15) is 67.2 Å². The van der Waals surface area contributed by atoms with E-state index in [0.717, 1.165) is 18.4 Å². The monoisotopic (exact) mass is 442 g/mol. The van der Waals surface area contributed by atoms with Gasteiger partial charge in [-0.15, -0.1) is 0 Å². The summed E-state index contributed by atoms with van der Waals surface area (Å²) in [5, 5.41) is 11.2. The van der Waals surface area contributed by atoms with Crippen molar-refractivity contribution < 1.29 is 29.0 Å². The average molecular weight is 443 g/mol. The van der Waals surface area contributed by atoms with E-state index in [1.807, 2.05) is 13.8 Å². The van der Waals surface area contributed by atoms with Crippen molar-refractivity contribution in [1.82, 2.24) is 0 Å². The Balaban J connectivity index is 1.85. The fourth-order valence-electron chi connectivity index (χ4n) is 9.13. The minimum Gasteiger partial charge on any atom is -0.511 e. The van der Waals surface area contributed by atoms with Crippen LogP contribution in [0.25, 0.3) is 0 Å². The van der Waals surface area contributed by atoms with E-state index < -0.39 is 27.6 Å². The maximum Gasteiger partial charge on any atom is 0.321 e. The SMILES string of the molecule is COC(=O)[C@@]12C(=O)C(C)=C(O)[C@@]1(C)C(C)=C[C@@H]1[C@]34CC[C@@H](OC3=O)C(C)(C)[C@H]4CC[C@]12C. The topological polar surface area (TPSA) is 89.9 Å². The van der Waals surface area contributed by atoms with Crippen LogP contribution in [-0.4, -0.2) is 36.0 Å². The highest BCUT2D eigenvalue weighted by Gasteiger charge is 2.82. The van der Waals surface area contributed by atoms with Crippen LogP contribution in [0.3, 0.4) is 0 Å². The van der Waals surface area contributed by atoms with Gasteiger partial charge in [-0.1, -0.05) is 32.4 Å². The summed E-state index contributed by atoms with van der Waals surface area (Å²) < 4.78 is 11.3. The van der Waals surface area contributed by atoms with Crippen LogP contribution in [0.4, 0.5) is 0 Å². The maximum atomic E-state index is 14.0. The van der Waals surface area contributed by atoms with E-state index in [-0.39, 0.29) is 46.4 Å². The molecule has 1 N–H and O–H groups in total. The maximum absolute atomic E-state index is 14.0. The number of ether oxygens (including phenoxy) is 2. The summed E-state index contributed by atoms with van der Waals surface area (Å²) in [5.41, 5.74) is -3.76. The number of rotatable bonds is 1. The minimum absolute atomic E-state index is 0.0591. The van der Waals surface area contributed by atoms with Gasteiger partial charge in [0.2, 0.25) is 0 Å². The highest BCUT2D eigenvalue weighted by atomic mass is 16.6. The number of methoxy groups -OCH3 is 1. The van der Waals surface area contributed by atoms with Gasteiger partial charge in [-0.3, -0.25) is 14.4 Å². The molecule has 0 radical (unpaired) electrons. The number of hydrogen-bond acceptors (Lipinski definition) is 6. The molecule has 2 saturated heterocycles. The zero-order valence-corrected chi connectivity index (χ0v) is 20.1. The van der Waals surface area contributed by atoms with Crippen LogP contribution in [0, 0.1) is 38.9 Å². The Bertz CT molecular complexity index is 1030. The number of aliphatic hydroxyl groups is 1. The second-order valence-electron chi connectivity index (χ2n) is 11.8. The molecule has 0 aromatic heterocycles. The molecule has 4 aliphatic carbocycles. The number of Topliss-reactive ketones (excluding diaryl/α,β-unsaturated/α-hetero) is 1. The van der Waals surface area contributed by atoms with Gasteiger partial charge in [-0.05, 0) is 57.8 Å². The quantitative estimate of drug-likeness (QED) is 0.370. The molecule has 0 aromatic carbocycles. The molecule has 1 spiro atoms. The number of aliphatic hydroxyl groups excluding tert-OH is 1. The second-order valence-corrected chi connectivity index (χ2v) is 11.8. The van der Waals surface area contributed by atoms with Gasteiger partial charge in [0.1, 0.15) is 11.9 Å². The smallest absolute Gasteiger partial charge is 0.321 e. The minimum atomic E-state index is -1.62. The number of carbonyl (C=O) groups is 3. The lowest BCUT2D eigenvalue weighted by atomic mass is 9.32. The molecular formula is C26H34O6. The third-order valence-corrected chi connectivity index (χ3v) is 10.8. The van der Waals surface area contributed by atoms with E-state index in [4.69, 9.17) is 9.47 Å². The molecule has 174 valence electrons. The van der Waals surface area contributed by atoms with Crippen LogP contribution in [0.2, 0.25) is 0 Å². The van der Waals surface area contributed by atoms with Crippen molar-refractivity contribution in [3.8, 4) is 0 Å². The van der Waals surface area contributed by atoms with E-state index in [1.54, 1.807) is 13.8 Å². The largest absolute Gasteiger partial charge is 0.511 e. The lowest BCUT2D eigenvalue weighted by Crippen LogP contribution is -2.74. The lowest BCUT2D eigenvalue weighted by molar-refractivity contribution is -0.262. The van der Waals surface area contributed by atoms with Crippen LogP contribution < -0.4 is 0 Å². The predicted molar refractivity (Wildman–Crippen MR) is 116 cm³/mol. The average Bonchev–Trinajstić information content (AvgIpc) is 2.90. The van der Waals surface area contributed by atoms with Crippen molar-refractivity contribution in [3.63, 3.8) is 0 Å². The molecule has 2 heterocycles. The zero-order chi connectivity index (χ0) is 23.6. The van der Waals surface area contributed by atoms with Gasteiger partial charge in [0.25, 0.3) is 0 Å². The number of ketones is 1. The molecule has 4 fully saturated rings. The first-order chi connectivity index (χ1) is 14.8. The van der Waals surface area contributed by atoms with Crippen LogP contribution in [0.5, 0.6) is 0 Å². The molecule has 2 bridgehead atoms. The summed E-state index contributed by atoms with van der Waals surface area (Å²) >= 11 is 0. The van der Waals surface area contributed by atoms with Crippen molar-refractivity contribution in [2.45, 2.75) is 73.3 Å². The highest BCUT2D eigenvalue weighted by molar-refractivity contribution is 6.17. The van der Waals surface area contributed by atoms with Crippen LogP contribution >= 0.6 is 0 Å². The van der Waals surface area contributed by atoms with Gasteiger partial charge in [-0.2, -0.15) is 0 Å². The van der Waals surface area contributed by atoms with Gasteiger partial charge in [0.05, 0.1) is 17.9 Å². The van der Waals surface area contributed by atoms with Crippen LogP contribution in [0.15, 0.2) is 23.0 Å². The summed E-state index contributed by atoms with van der Waals surface area (Å²) in [4.78, 5) is 41.3. The molecule has 0 aromatic rings. The molecule has 6 aliphatic rings. The predicted octanol–water partition coefficient (Wildman–Crippen LogP) is 4.29. The standard InChI is InChI=1S/C26H34O6/c1-13-12-16-23(5,26(21(30)31-7)19(28)14(2)18(27)24(13,26)6)10-8-15-22(3,4)17-9-11-25(15,16)20(29)32-17/h12,15-17,27H,8-11H2,1-7H3/t15-,16+,17-,23-,24-,25-,26-/m1/s1. The molecule has 6 heteroatoms. The zero-order valence-electron chi connectivity index (χ0n) is 20.1. The van der Waals surface area contributed by atoms with Crippen molar-refractivity contribution in [2.75, 3.05) is 7.11 Å². The number of carbonyl (C=O) groups excluding carboxylic acids is 3. The Morgan fingerprint density at radius 3 is 2.38 bits per heavy atom. The lowest BCUT2D eigenvalue weighted by Gasteiger charge is -2.70. The summed E-state index contributed by atoms with van der Waals surface area (Å²) in [6.45, 7) is 11.6. The summed E-state index contributed by atoms with van der Waals surface area (Å²) in [6.07, 6.45) is 4.77. The summed E-state index contributed by atoms with van der Waals surface area (Å²) in [5.74, 6) is -1.51. The van der Waals surface area contributed by atoms with E-state index >= 15 is 0 Å². The Labute approximate surface area is 189 Å². The van der Waals surface area contributed by atoms with Gasteiger partial charge >= 0.3 is 11.9 Å². The Morgan fingerprint density at radius 1 is 1.12 bits per heavy atom. The first kappa shape index (κ1) is 21.7. The second kappa shape index (κ2) is 5.87. The fourth-order valence-corrected chi connectivity index (χ4v) is 9.13. The van der Waals surface area contributed by atoms with Gasteiger partial charge in [0.15, 0.2) is 11.2 Å². The van der Waals surface area contributed by atoms with Crippen molar-refractivity contribution in [2.24, 2.45) is 38.9 Å². The van der Waals surface area contributed by atoms with Gasteiger partial charge in [0, 0.05) is 16.9 Å². The molecular weight excluding hydrogens is 408 g/mol. The van der Waals surface area contributed by atoms with E-state index in [1.165, 1.54) is 7.11 Å². The molecule has 6 nitrogen and oxygen atoms in total. The Hall–Kier alpha value is -2.11. The number of esters is 2. The van der Waals surface area contributed by atoms with Crippen LogP contribution in [-0.2, 0) is 23.9 Å². The van der Waals surface area contributed by atoms with E-state index in [0.29, 0.717) is 12.8 Å². The van der Waals surface area contributed by atoms with Crippen molar-refractivity contribution in [3.05, 3.63) is 23.0 Å². The van der Waals surface area contributed by atoms with Gasteiger partial charge in [-0.25, -0.2) is 0 Å². The molecule has 0 unspecified atom stereocenters.